The first-order valence-electron chi connectivity index (χ1n) is 6.86. The Balaban J connectivity index is 1.89. The van der Waals surface area contributed by atoms with E-state index >= 15 is 0 Å². The first-order valence-corrected chi connectivity index (χ1v) is 7.81. The molecule has 20 heavy (non-hydrogen) atoms. The van der Waals surface area contributed by atoms with Gasteiger partial charge in [0, 0.05) is 12.1 Å². The van der Waals surface area contributed by atoms with Gasteiger partial charge >= 0.3 is 0 Å². The van der Waals surface area contributed by atoms with E-state index in [2.05, 4.69) is 42.9 Å². The summed E-state index contributed by atoms with van der Waals surface area (Å²) in [6, 6.07) is 9.97. The van der Waals surface area contributed by atoms with Crippen LogP contribution in [-0.4, -0.2) is 12.5 Å². The Labute approximate surface area is 124 Å². The summed E-state index contributed by atoms with van der Waals surface area (Å²) < 4.78 is 0. The van der Waals surface area contributed by atoms with Gasteiger partial charge in [0.15, 0.2) is 0 Å². The molecule has 3 heteroatoms. The molecule has 0 bridgehead atoms. The van der Waals surface area contributed by atoms with Gasteiger partial charge in [-0.2, -0.15) is 11.3 Å². The maximum absolute atomic E-state index is 12.0. The highest BCUT2D eigenvalue weighted by molar-refractivity contribution is 7.07. The van der Waals surface area contributed by atoms with Crippen LogP contribution in [0.5, 0.6) is 0 Å². The Morgan fingerprint density at radius 3 is 2.40 bits per heavy atom. The average Bonchev–Trinajstić information content (AvgIpc) is 2.91. The monoisotopic (exact) mass is 287 g/mol. The van der Waals surface area contributed by atoms with Crippen molar-refractivity contribution < 1.29 is 4.79 Å². The molecule has 0 spiro atoms. The van der Waals surface area contributed by atoms with Crippen LogP contribution in [0.1, 0.15) is 42.3 Å². The molecular formula is C17H21NOS. The molecule has 2 aromatic rings. The van der Waals surface area contributed by atoms with E-state index in [1.54, 1.807) is 11.3 Å². The van der Waals surface area contributed by atoms with Gasteiger partial charge in [-0.3, -0.25) is 4.79 Å². The zero-order valence-corrected chi connectivity index (χ0v) is 13.1. The molecule has 0 aliphatic rings. The van der Waals surface area contributed by atoms with Crippen LogP contribution >= 0.6 is 11.3 Å². The Kier molecular flexibility index (Phi) is 4.61. The molecule has 1 aromatic carbocycles. The number of nitrogens with one attached hydrogen (secondary N) is 1. The fraction of sp³-hybridized carbons (Fsp3) is 0.353. The molecule has 2 rings (SSSR count). The maximum atomic E-state index is 12.0. The fourth-order valence-electron chi connectivity index (χ4n) is 1.98. The van der Waals surface area contributed by atoms with Crippen LogP contribution in [0.15, 0.2) is 41.1 Å². The zero-order valence-electron chi connectivity index (χ0n) is 12.3. The molecule has 2 nitrogen and oxygen atoms in total. The van der Waals surface area contributed by atoms with Gasteiger partial charge in [0.1, 0.15) is 0 Å². The minimum absolute atomic E-state index is 0.000638. The maximum Gasteiger partial charge on any atom is 0.251 e. The SMILES string of the molecule is CC(C)(C)c1ccc(C(=O)NCCc2ccsc2)cc1. The van der Waals surface area contributed by atoms with Gasteiger partial charge < -0.3 is 5.32 Å². The number of thiophene rings is 1. The normalized spacial score (nSPS) is 11.3. The van der Waals surface area contributed by atoms with Crippen LogP contribution in [0.25, 0.3) is 0 Å². The number of benzene rings is 1. The van der Waals surface area contributed by atoms with E-state index in [-0.39, 0.29) is 11.3 Å². The first kappa shape index (κ1) is 14.8. The molecule has 0 atom stereocenters. The second-order valence-electron chi connectivity index (χ2n) is 5.96. The number of hydrogen-bond donors (Lipinski definition) is 1. The molecule has 1 N–H and O–H groups in total. The lowest BCUT2D eigenvalue weighted by molar-refractivity contribution is 0.0954. The van der Waals surface area contributed by atoms with E-state index in [1.165, 1.54) is 11.1 Å². The summed E-state index contributed by atoms with van der Waals surface area (Å²) >= 11 is 1.69. The molecule has 0 unspecified atom stereocenters. The van der Waals surface area contributed by atoms with Crippen molar-refractivity contribution in [3.05, 3.63) is 57.8 Å². The standard InChI is InChI=1S/C17H21NOS/c1-17(2,3)15-6-4-14(5-7-15)16(19)18-10-8-13-9-11-20-12-13/h4-7,9,11-12H,8,10H2,1-3H3,(H,18,19). The number of hydrogen-bond acceptors (Lipinski definition) is 2. The van der Waals surface area contributed by atoms with Crippen LogP contribution in [0.2, 0.25) is 0 Å². The molecular weight excluding hydrogens is 266 g/mol. The van der Waals surface area contributed by atoms with Gasteiger partial charge in [0.25, 0.3) is 5.91 Å². The second kappa shape index (κ2) is 6.23. The van der Waals surface area contributed by atoms with Crippen molar-refractivity contribution in [1.29, 1.82) is 0 Å². The van der Waals surface area contributed by atoms with Crippen molar-refractivity contribution >= 4 is 17.2 Å². The van der Waals surface area contributed by atoms with Gasteiger partial charge in [-0.05, 0) is 51.9 Å². The van der Waals surface area contributed by atoms with Gasteiger partial charge in [0.2, 0.25) is 0 Å². The van der Waals surface area contributed by atoms with E-state index in [9.17, 15) is 4.79 Å². The molecule has 0 radical (unpaired) electrons. The second-order valence-corrected chi connectivity index (χ2v) is 6.74. The molecule has 0 saturated heterocycles. The van der Waals surface area contributed by atoms with Crippen LogP contribution in [0.3, 0.4) is 0 Å². The van der Waals surface area contributed by atoms with Gasteiger partial charge in [-0.1, -0.05) is 32.9 Å². The number of amides is 1. The molecule has 0 fully saturated rings. The van der Waals surface area contributed by atoms with Crippen LogP contribution < -0.4 is 5.32 Å². The summed E-state index contributed by atoms with van der Waals surface area (Å²) in [7, 11) is 0. The predicted octanol–water partition coefficient (Wildman–Crippen LogP) is 4.02. The molecule has 1 aromatic heterocycles. The Morgan fingerprint density at radius 1 is 1.15 bits per heavy atom. The summed E-state index contributed by atoms with van der Waals surface area (Å²) in [5, 5.41) is 7.13. The Morgan fingerprint density at radius 2 is 1.85 bits per heavy atom. The predicted molar refractivity (Wildman–Crippen MR) is 85.5 cm³/mol. The lowest BCUT2D eigenvalue weighted by Crippen LogP contribution is -2.25. The van der Waals surface area contributed by atoms with Crippen molar-refractivity contribution in [3.8, 4) is 0 Å². The largest absolute Gasteiger partial charge is 0.352 e. The summed E-state index contributed by atoms with van der Waals surface area (Å²) in [5.74, 6) is 0.000638. The lowest BCUT2D eigenvalue weighted by Gasteiger charge is -2.19. The van der Waals surface area contributed by atoms with Crippen molar-refractivity contribution in [2.45, 2.75) is 32.6 Å². The van der Waals surface area contributed by atoms with Crippen LogP contribution in [-0.2, 0) is 11.8 Å². The molecule has 0 saturated carbocycles. The lowest BCUT2D eigenvalue weighted by atomic mass is 9.87. The van der Waals surface area contributed by atoms with Crippen molar-refractivity contribution in [2.24, 2.45) is 0 Å². The zero-order chi connectivity index (χ0) is 14.6. The van der Waals surface area contributed by atoms with E-state index < -0.39 is 0 Å². The molecule has 0 aliphatic carbocycles. The molecule has 106 valence electrons. The molecule has 1 amide bonds. The minimum Gasteiger partial charge on any atom is -0.352 e. The summed E-state index contributed by atoms with van der Waals surface area (Å²) in [6.07, 6.45) is 0.884. The minimum atomic E-state index is 0.000638. The highest BCUT2D eigenvalue weighted by Gasteiger charge is 2.14. The smallest absolute Gasteiger partial charge is 0.251 e. The third kappa shape index (κ3) is 3.94. The number of carbonyl (C=O) groups excluding carboxylic acids is 1. The van der Waals surface area contributed by atoms with E-state index in [0.717, 1.165) is 12.0 Å². The van der Waals surface area contributed by atoms with Crippen LogP contribution in [0, 0.1) is 0 Å². The van der Waals surface area contributed by atoms with Gasteiger partial charge in [-0.15, -0.1) is 0 Å². The third-order valence-electron chi connectivity index (χ3n) is 3.29. The number of rotatable bonds is 4. The van der Waals surface area contributed by atoms with E-state index in [1.807, 2.05) is 24.3 Å². The van der Waals surface area contributed by atoms with Gasteiger partial charge in [0.05, 0.1) is 0 Å². The number of carbonyl (C=O) groups is 1. The molecule has 1 heterocycles. The highest BCUT2D eigenvalue weighted by atomic mass is 32.1. The van der Waals surface area contributed by atoms with Crippen molar-refractivity contribution in [3.63, 3.8) is 0 Å². The topological polar surface area (TPSA) is 29.1 Å². The van der Waals surface area contributed by atoms with Crippen molar-refractivity contribution in [2.75, 3.05) is 6.54 Å². The summed E-state index contributed by atoms with van der Waals surface area (Å²) in [4.78, 5) is 12.0. The highest BCUT2D eigenvalue weighted by Crippen LogP contribution is 2.22. The third-order valence-corrected chi connectivity index (χ3v) is 4.02. The van der Waals surface area contributed by atoms with E-state index in [0.29, 0.717) is 6.54 Å². The average molecular weight is 287 g/mol. The Hall–Kier alpha value is -1.61. The quantitative estimate of drug-likeness (QED) is 0.904. The fourth-order valence-corrected chi connectivity index (χ4v) is 2.68. The molecule has 0 aliphatic heterocycles. The van der Waals surface area contributed by atoms with Gasteiger partial charge in [-0.25, -0.2) is 0 Å². The van der Waals surface area contributed by atoms with E-state index in [4.69, 9.17) is 0 Å². The summed E-state index contributed by atoms with van der Waals surface area (Å²) in [5.41, 5.74) is 3.36. The summed E-state index contributed by atoms with van der Waals surface area (Å²) in [6.45, 7) is 7.19. The van der Waals surface area contributed by atoms with Crippen LogP contribution in [0.4, 0.5) is 0 Å². The van der Waals surface area contributed by atoms with Crippen molar-refractivity contribution in [1.82, 2.24) is 5.32 Å². The Bertz CT molecular complexity index is 550. The first-order chi connectivity index (χ1) is 9.47.